The highest BCUT2D eigenvalue weighted by atomic mass is 32.2. The number of carboxylic acid groups (broad SMARTS) is 1. The summed E-state index contributed by atoms with van der Waals surface area (Å²) in [6.45, 7) is 0. The van der Waals surface area contributed by atoms with Crippen LogP contribution in [0.4, 0.5) is 17.1 Å². The summed E-state index contributed by atoms with van der Waals surface area (Å²) in [4.78, 5) is 47.5. The van der Waals surface area contributed by atoms with Crippen LogP contribution in [0, 0.1) is 0 Å². The number of carbonyl (C=O) groups excluding carboxylic acids is 1. The van der Waals surface area contributed by atoms with Crippen molar-refractivity contribution in [2.24, 2.45) is 15.3 Å². The Morgan fingerprint density at radius 3 is 1.72 bits per heavy atom. The molecule has 0 bridgehead atoms. The van der Waals surface area contributed by atoms with Gasteiger partial charge in [-0.2, -0.15) is 23.7 Å². The summed E-state index contributed by atoms with van der Waals surface area (Å²) in [5.74, 6) is -1.92. The third-order valence-corrected chi connectivity index (χ3v) is 7.31. The summed E-state index contributed by atoms with van der Waals surface area (Å²) >= 11 is 0. The Bertz CT molecular complexity index is 2270. The first-order valence-corrected chi connectivity index (χ1v) is 14.7. The molecular formula is C31H22N6O8S. The molecule has 0 saturated heterocycles. The molecular weight excluding hydrogens is 616 g/mol. The molecule has 4 aromatic carbocycles. The molecule has 1 aliphatic rings. The van der Waals surface area contributed by atoms with Crippen molar-refractivity contribution in [3.8, 4) is 11.1 Å². The quantitative estimate of drug-likeness (QED) is 0.0773. The molecule has 15 heteroatoms. The smallest absolute Gasteiger partial charge is 0.339 e. The summed E-state index contributed by atoms with van der Waals surface area (Å²) in [5.41, 5.74) is 9.91. The molecule has 0 aliphatic heterocycles. The second-order valence-electron chi connectivity index (χ2n) is 9.57. The molecule has 4 aromatic rings. The molecule has 0 spiro atoms. The van der Waals surface area contributed by atoms with Crippen LogP contribution in [0.2, 0.25) is 0 Å². The lowest BCUT2D eigenvalue weighted by Gasteiger charge is -2.07. The molecule has 5 N–H and O–H groups in total. The van der Waals surface area contributed by atoms with Crippen LogP contribution in [-0.2, 0) is 19.7 Å². The van der Waals surface area contributed by atoms with E-state index in [2.05, 4.69) is 31.6 Å². The van der Waals surface area contributed by atoms with Gasteiger partial charge in [0.2, 0.25) is 10.9 Å². The minimum absolute atomic E-state index is 0.0670. The first kappa shape index (κ1) is 31.1. The van der Waals surface area contributed by atoms with E-state index < -0.39 is 38.1 Å². The van der Waals surface area contributed by atoms with Crippen molar-refractivity contribution in [1.82, 2.24) is 0 Å². The van der Waals surface area contributed by atoms with Crippen molar-refractivity contribution >= 4 is 44.6 Å². The van der Waals surface area contributed by atoms with Gasteiger partial charge in [0.15, 0.2) is 11.1 Å². The van der Waals surface area contributed by atoms with Crippen LogP contribution in [-0.4, -0.2) is 35.5 Å². The largest absolute Gasteiger partial charge is 0.478 e. The fraction of sp³-hybridized carbons (Fsp3) is 0. The predicted molar refractivity (Wildman–Crippen MR) is 169 cm³/mol. The van der Waals surface area contributed by atoms with Crippen molar-refractivity contribution in [3.63, 3.8) is 0 Å². The number of ketones is 1. The molecule has 0 aromatic heterocycles. The second kappa shape index (κ2) is 13.1. The number of anilines is 3. The van der Waals surface area contributed by atoms with Crippen LogP contribution < -0.4 is 37.8 Å². The minimum Gasteiger partial charge on any atom is -0.478 e. The van der Waals surface area contributed by atoms with E-state index in [1.54, 1.807) is 24.3 Å². The van der Waals surface area contributed by atoms with Crippen LogP contribution >= 0.6 is 0 Å². The van der Waals surface area contributed by atoms with E-state index in [1.807, 2.05) is 24.3 Å². The number of benzene rings is 4. The third kappa shape index (κ3) is 7.42. The van der Waals surface area contributed by atoms with E-state index >= 15 is 0 Å². The lowest BCUT2D eigenvalue weighted by molar-refractivity contribution is -0.134. The third-order valence-electron chi connectivity index (χ3n) is 6.44. The first-order valence-electron chi connectivity index (χ1n) is 13.2. The molecule has 230 valence electrons. The van der Waals surface area contributed by atoms with Gasteiger partial charge in [-0.15, -0.1) is 0 Å². The van der Waals surface area contributed by atoms with Crippen molar-refractivity contribution in [2.45, 2.75) is 4.90 Å². The summed E-state index contributed by atoms with van der Waals surface area (Å²) in [6, 6.07) is 21.7. The number of carbonyl (C=O) groups is 2. The van der Waals surface area contributed by atoms with Gasteiger partial charge in [0, 0.05) is 0 Å². The SMILES string of the molecule is O=C(O)C1=C/C(=N\Nc2ccc(-c3ccc(N/N=c4/ccc(=O)/c(=N\Nc5ccc(S(=O)(=O)O)cc5)c4=O)cc3)cc2)C=CC1=O. The number of rotatable bonds is 9. The van der Waals surface area contributed by atoms with Crippen LogP contribution in [0.1, 0.15) is 0 Å². The van der Waals surface area contributed by atoms with Crippen molar-refractivity contribution in [2.75, 3.05) is 16.3 Å². The number of nitrogens with zero attached hydrogens (tertiary/aromatic N) is 3. The molecule has 0 atom stereocenters. The number of carboxylic acids is 1. The van der Waals surface area contributed by atoms with E-state index in [1.165, 1.54) is 30.4 Å². The van der Waals surface area contributed by atoms with E-state index in [4.69, 9.17) is 9.66 Å². The van der Waals surface area contributed by atoms with E-state index in [0.29, 0.717) is 11.4 Å². The summed E-state index contributed by atoms with van der Waals surface area (Å²) < 4.78 is 31.4. The number of nitrogens with one attached hydrogen (secondary N) is 3. The summed E-state index contributed by atoms with van der Waals surface area (Å²) in [7, 11) is -4.37. The summed E-state index contributed by atoms with van der Waals surface area (Å²) in [5, 5.41) is 20.7. The average Bonchev–Trinajstić information content (AvgIpc) is 3.04. The maximum atomic E-state index is 12.8. The molecule has 0 amide bonds. The molecule has 0 fully saturated rings. The Balaban J connectivity index is 1.25. The minimum atomic E-state index is -4.37. The Kier molecular flexibility index (Phi) is 8.88. The van der Waals surface area contributed by atoms with Gasteiger partial charge in [0.25, 0.3) is 10.1 Å². The van der Waals surface area contributed by atoms with Gasteiger partial charge in [0.1, 0.15) is 10.9 Å². The number of hydrogen-bond donors (Lipinski definition) is 5. The zero-order chi connectivity index (χ0) is 32.8. The van der Waals surface area contributed by atoms with Crippen LogP contribution in [0.3, 0.4) is 0 Å². The molecule has 5 rings (SSSR count). The molecule has 1 aliphatic carbocycles. The topological polar surface area (TPSA) is 216 Å². The Labute approximate surface area is 259 Å². The fourth-order valence-corrected chi connectivity index (χ4v) is 4.52. The molecule has 0 saturated carbocycles. The normalized spacial score (nSPS) is 14.7. The maximum Gasteiger partial charge on any atom is 0.339 e. The zero-order valence-corrected chi connectivity index (χ0v) is 24.2. The van der Waals surface area contributed by atoms with Gasteiger partial charge in [-0.1, -0.05) is 24.3 Å². The number of hydrazone groups is 1. The van der Waals surface area contributed by atoms with Gasteiger partial charge in [-0.3, -0.25) is 35.2 Å². The van der Waals surface area contributed by atoms with Crippen molar-refractivity contribution in [3.05, 3.63) is 140 Å². The Morgan fingerprint density at radius 1 is 0.652 bits per heavy atom. The molecule has 46 heavy (non-hydrogen) atoms. The fourth-order valence-electron chi connectivity index (χ4n) is 4.04. The monoisotopic (exact) mass is 638 g/mol. The van der Waals surface area contributed by atoms with Crippen LogP contribution in [0.5, 0.6) is 0 Å². The second-order valence-corrected chi connectivity index (χ2v) is 11.0. The lowest BCUT2D eigenvalue weighted by atomic mass is 10.0. The van der Waals surface area contributed by atoms with E-state index in [9.17, 15) is 27.6 Å². The predicted octanol–water partition coefficient (Wildman–Crippen LogP) is 1.97. The highest BCUT2D eigenvalue weighted by Gasteiger charge is 2.18. The Morgan fingerprint density at radius 2 is 1.17 bits per heavy atom. The van der Waals surface area contributed by atoms with Gasteiger partial charge in [0.05, 0.1) is 27.7 Å². The molecule has 0 heterocycles. The van der Waals surface area contributed by atoms with Crippen LogP contribution in [0.15, 0.2) is 139 Å². The first-order chi connectivity index (χ1) is 22.0. The number of allylic oxidation sites excluding steroid dienone is 3. The number of hydrogen-bond acceptors (Lipinski definition) is 12. The highest BCUT2D eigenvalue weighted by Crippen LogP contribution is 2.23. The van der Waals surface area contributed by atoms with Gasteiger partial charge in [-0.25, -0.2) is 4.79 Å². The Hall–Kier alpha value is -6.32. The lowest BCUT2D eigenvalue weighted by Crippen LogP contribution is -2.47. The molecule has 14 nitrogen and oxygen atoms in total. The zero-order valence-electron chi connectivity index (χ0n) is 23.4. The maximum absolute atomic E-state index is 12.8. The van der Waals surface area contributed by atoms with E-state index in [0.717, 1.165) is 35.4 Å². The van der Waals surface area contributed by atoms with Crippen molar-refractivity contribution < 1.29 is 27.7 Å². The van der Waals surface area contributed by atoms with Crippen molar-refractivity contribution in [1.29, 1.82) is 0 Å². The van der Waals surface area contributed by atoms with Gasteiger partial charge >= 0.3 is 5.97 Å². The van der Waals surface area contributed by atoms with Crippen LogP contribution in [0.25, 0.3) is 11.1 Å². The van der Waals surface area contributed by atoms with Gasteiger partial charge < -0.3 is 5.11 Å². The highest BCUT2D eigenvalue weighted by molar-refractivity contribution is 7.85. The summed E-state index contributed by atoms with van der Waals surface area (Å²) in [6.07, 6.45) is 3.75. The standard InChI is InChI=1S/C31H22N6O8S/c38-27-15-11-23(17-25(27)31(41)42)35-32-20-5-1-18(2-6-20)19-3-7-21(8-4-19)33-36-26-14-16-28(39)29(30(26)40)37-34-22-9-12-24(13-10-22)46(43,44)45/h1-17,32-34H,(H,41,42)(H,43,44,45)/b35-23-,36-26-,37-29+. The van der Waals surface area contributed by atoms with E-state index in [-0.39, 0.29) is 27.2 Å². The molecule has 0 radical (unpaired) electrons. The number of aliphatic carboxylic acids is 1. The average molecular weight is 639 g/mol. The van der Waals surface area contributed by atoms with Gasteiger partial charge in [-0.05, 0) is 90.0 Å². The molecule has 0 unspecified atom stereocenters.